The number of hydrogen-bond donors (Lipinski definition) is 1. The van der Waals surface area contributed by atoms with Gasteiger partial charge >= 0.3 is 0 Å². The molecule has 1 heterocycles. The van der Waals surface area contributed by atoms with Crippen molar-refractivity contribution in [3.05, 3.63) is 11.2 Å². The van der Waals surface area contributed by atoms with Crippen molar-refractivity contribution in [2.45, 2.75) is 25.7 Å². The molecular formula is C13H16ClN3O2. The first-order valence-corrected chi connectivity index (χ1v) is 6.93. The van der Waals surface area contributed by atoms with Crippen LogP contribution in [0.3, 0.4) is 0 Å². The van der Waals surface area contributed by atoms with Crippen molar-refractivity contribution in [1.29, 1.82) is 0 Å². The molecule has 0 aliphatic heterocycles. The van der Waals surface area contributed by atoms with Crippen LogP contribution in [0.15, 0.2) is 6.07 Å². The van der Waals surface area contributed by atoms with Crippen LogP contribution in [0, 0.1) is 17.8 Å². The number of carbonyl (C=O) groups excluding carboxylic acids is 1. The zero-order valence-electron chi connectivity index (χ0n) is 10.7. The molecule has 0 radical (unpaired) electrons. The molecule has 6 heteroatoms. The molecule has 3 atom stereocenters. The van der Waals surface area contributed by atoms with Crippen LogP contribution in [-0.4, -0.2) is 23.0 Å². The molecule has 3 rings (SSSR count). The Kier molecular flexibility index (Phi) is 3.31. The molecule has 2 bridgehead atoms. The molecule has 2 saturated carbocycles. The Balaban J connectivity index is 1.71. The second-order valence-corrected chi connectivity index (χ2v) is 5.71. The van der Waals surface area contributed by atoms with E-state index in [1.54, 1.807) is 0 Å². The summed E-state index contributed by atoms with van der Waals surface area (Å²) in [6, 6.07) is 1.51. The molecule has 0 aromatic carbocycles. The monoisotopic (exact) mass is 281 g/mol. The van der Waals surface area contributed by atoms with Gasteiger partial charge in [0.1, 0.15) is 5.15 Å². The molecule has 19 heavy (non-hydrogen) atoms. The zero-order chi connectivity index (χ0) is 13.4. The van der Waals surface area contributed by atoms with Gasteiger partial charge in [0.2, 0.25) is 17.7 Å². The van der Waals surface area contributed by atoms with Crippen LogP contribution in [0.4, 0.5) is 5.95 Å². The summed E-state index contributed by atoms with van der Waals surface area (Å²) in [6.07, 6.45) is 4.63. The number of fused-ring (bicyclic) bond motifs is 2. The van der Waals surface area contributed by atoms with Gasteiger partial charge < -0.3 is 4.74 Å². The lowest BCUT2D eigenvalue weighted by Crippen LogP contribution is -2.28. The van der Waals surface area contributed by atoms with Gasteiger partial charge in [-0.25, -0.2) is 4.98 Å². The standard InChI is InChI=1S/C13H16ClN3O2/c1-19-11-6-10(14)15-13(16-11)17-12(18)9-5-7-2-3-8(9)4-7/h6-9H,2-5H2,1H3,(H,15,16,17,18). The average molecular weight is 282 g/mol. The van der Waals surface area contributed by atoms with Gasteiger partial charge in [-0.05, 0) is 31.1 Å². The Bertz CT molecular complexity index is 509. The lowest BCUT2D eigenvalue weighted by Gasteiger charge is -2.20. The summed E-state index contributed by atoms with van der Waals surface area (Å²) >= 11 is 5.85. The minimum absolute atomic E-state index is 0.0107. The molecule has 3 unspecified atom stereocenters. The van der Waals surface area contributed by atoms with Crippen molar-refractivity contribution >= 4 is 23.5 Å². The number of rotatable bonds is 3. The van der Waals surface area contributed by atoms with Crippen LogP contribution in [0.5, 0.6) is 5.88 Å². The molecular weight excluding hydrogens is 266 g/mol. The predicted molar refractivity (Wildman–Crippen MR) is 71.2 cm³/mol. The molecule has 2 fully saturated rings. The summed E-state index contributed by atoms with van der Waals surface area (Å²) in [4.78, 5) is 20.3. The van der Waals surface area contributed by atoms with E-state index in [4.69, 9.17) is 16.3 Å². The van der Waals surface area contributed by atoms with E-state index >= 15 is 0 Å². The van der Waals surface area contributed by atoms with E-state index in [9.17, 15) is 4.79 Å². The minimum Gasteiger partial charge on any atom is -0.481 e. The van der Waals surface area contributed by atoms with Gasteiger partial charge in [-0.3, -0.25) is 10.1 Å². The van der Waals surface area contributed by atoms with Crippen molar-refractivity contribution in [3.63, 3.8) is 0 Å². The van der Waals surface area contributed by atoms with Crippen molar-refractivity contribution in [2.24, 2.45) is 17.8 Å². The fourth-order valence-electron chi connectivity index (χ4n) is 3.33. The topological polar surface area (TPSA) is 64.1 Å². The Hall–Kier alpha value is -1.36. The summed E-state index contributed by atoms with van der Waals surface area (Å²) in [5, 5.41) is 3.02. The van der Waals surface area contributed by atoms with Gasteiger partial charge in [-0.15, -0.1) is 0 Å². The highest BCUT2D eigenvalue weighted by molar-refractivity contribution is 6.29. The summed E-state index contributed by atoms with van der Waals surface area (Å²) in [6.45, 7) is 0. The maximum Gasteiger partial charge on any atom is 0.234 e. The van der Waals surface area contributed by atoms with Crippen LogP contribution < -0.4 is 10.1 Å². The van der Waals surface area contributed by atoms with Gasteiger partial charge in [0, 0.05) is 12.0 Å². The largest absolute Gasteiger partial charge is 0.481 e. The van der Waals surface area contributed by atoms with E-state index < -0.39 is 0 Å². The van der Waals surface area contributed by atoms with Gasteiger partial charge in [0.05, 0.1) is 7.11 Å². The first-order chi connectivity index (χ1) is 9.15. The predicted octanol–water partition coefficient (Wildman–Crippen LogP) is 2.51. The third-order valence-corrected chi connectivity index (χ3v) is 4.38. The van der Waals surface area contributed by atoms with Crippen molar-refractivity contribution in [3.8, 4) is 5.88 Å². The first-order valence-electron chi connectivity index (χ1n) is 6.55. The second kappa shape index (κ2) is 4.96. The van der Waals surface area contributed by atoms with Crippen molar-refractivity contribution < 1.29 is 9.53 Å². The van der Waals surface area contributed by atoms with Crippen LogP contribution in [-0.2, 0) is 4.79 Å². The molecule has 1 aromatic rings. The molecule has 102 valence electrons. The number of amides is 1. The Morgan fingerprint density at radius 3 is 2.89 bits per heavy atom. The highest BCUT2D eigenvalue weighted by atomic mass is 35.5. The Morgan fingerprint density at radius 2 is 2.26 bits per heavy atom. The summed E-state index contributed by atoms with van der Waals surface area (Å²) < 4.78 is 5.01. The molecule has 0 saturated heterocycles. The zero-order valence-corrected chi connectivity index (χ0v) is 11.5. The van der Waals surface area contributed by atoms with E-state index in [-0.39, 0.29) is 22.9 Å². The number of halogens is 1. The molecule has 2 aliphatic rings. The van der Waals surface area contributed by atoms with Crippen LogP contribution in [0.2, 0.25) is 5.15 Å². The average Bonchev–Trinajstić information content (AvgIpc) is 3.00. The lowest BCUT2D eigenvalue weighted by molar-refractivity contribution is -0.121. The van der Waals surface area contributed by atoms with Gasteiger partial charge in [-0.1, -0.05) is 18.0 Å². The maximum absolute atomic E-state index is 12.2. The molecule has 2 aliphatic carbocycles. The number of methoxy groups -OCH3 is 1. The SMILES string of the molecule is COc1cc(Cl)nc(NC(=O)C2CC3CCC2C3)n1. The summed E-state index contributed by atoms with van der Waals surface area (Å²) in [5.41, 5.74) is 0. The maximum atomic E-state index is 12.2. The normalized spacial score (nSPS) is 28.4. The lowest BCUT2D eigenvalue weighted by atomic mass is 9.88. The smallest absolute Gasteiger partial charge is 0.234 e. The summed E-state index contributed by atoms with van der Waals surface area (Å²) in [5.74, 6) is 1.95. The number of aromatic nitrogens is 2. The molecule has 5 nitrogen and oxygen atoms in total. The third-order valence-electron chi connectivity index (χ3n) is 4.19. The molecule has 0 spiro atoms. The number of nitrogens with zero attached hydrogens (tertiary/aromatic N) is 2. The molecule has 1 amide bonds. The van der Waals surface area contributed by atoms with Crippen LogP contribution in [0.25, 0.3) is 0 Å². The fourth-order valence-corrected chi connectivity index (χ4v) is 3.50. The van der Waals surface area contributed by atoms with Crippen molar-refractivity contribution in [2.75, 3.05) is 12.4 Å². The van der Waals surface area contributed by atoms with E-state index in [1.165, 1.54) is 32.4 Å². The van der Waals surface area contributed by atoms with Gasteiger partial charge in [-0.2, -0.15) is 4.98 Å². The Morgan fingerprint density at radius 1 is 1.42 bits per heavy atom. The number of anilines is 1. The van der Waals surface area contributed by atoms with Crippen molar-refractivity contribution in [1.82, 2.24) is 9.97 Å². The molecule has 1 N–H and O–H groups in total. The minimum atomic E-state index is 0.0107. The van der Waals surface area contributed by atoms with E-state index in [0.29, 0.717) is 11.8 Å². The quantitative estimate of drug-likeness (QED) is 0.865. The van der Waals surface area contributed by atoms with Gasteiger partial charge in [0.15, 0.2) is 0 Å². The van der Waals surface area contributed by atoms with E-state index in [0.717, 1.165) is 12.3 Å². The van der Waals surface area contributed by atoms with E-state index in [1.807, 2.05) is 0 Å². The molecule has 1 aromatic heterocycles. The number of carbonyl (C=O) groups is 1. The van der Waals surface area contributed by atoms with Gasteiger partial charge in [0.25, 0.3) is 0 Å². The number of nitrogens with one attached hydrogen (secondary N) is 1. The fraction of sp³-hybridized carbons (Fsp3) is 0.615. The van der Waals surface area contributed by atoms with Crippen LogP contribution >= 0.6 is 11.6 Å². The highest BCUT2D eigenvalue weighted by Gasteiger charge is 2.43. The highest BCUT2D eigenvalue weighted by Crippen LogP contribution is 2.48. The third kappa shape index (κ3) is 2.52. The van der Waals surface area contributed by atoms with E-state index in [2.05, 4.69) is 15.3 Å². The number of hydrogen-bond acceptors (Lipinski definition) is 4. The summed E-state index contributed by atoms with van der Waals surface area (Å²) in [7, 11) is 1.50. The second-order valence-electron chi connectivity index (χ2n) is 5.33. The Labute approximate surface area is 116 Å². The number of ether oxygens (including phenoxy) is 1. The first kappa shape index (κ1) is 12.7. The van der Waals surface area contributed by atoms with Crippen LogP contribution in [0.1, 0.15) is 25.7 Å².